The van der Waals surface area contributed by atoms with Gasteiger partial charge in [0.15, 0.2) is 0 Å². The number of nitrogens with two attached hydrogens (primary N) is 1. The van der Waals surface area contributed by atoms with E-state index in [4.69, 9.17) is 5.73 Å². The number of rotatable bonds is 4. The van der Waals surface area contributed by atoms with Crippen molar-refractivity contribution in [3.63, 3.8) is 0 Å². The number of benzene rings is 1. The maximum Gasteiger partial charge on any atom is 0.0405 e. The Balaban J connectivity index is 1.95. The first-order valence-electron chi connectivity index (χ1n) is 5.60. The summed E-state index contributed by atoms with van der Waals surface area (Å²) < 4.78 is 0. The summed E-state index contributed by atoms with van der Waals surface area (Å²) in [5.41, 5.74) is 8.49. The first kappa shape index (κ1) is 12.1. The lowest BCUT2D eigenvalue weighted by molar-refractivity contribution is 0.824. The SMILES string of the molecule is Cc1cccc(SCC(N)c2cccnc2)c1. The smallest absolute Gasteiger partial charge is 0.0405 e. The topological polar surface area (TPSA) is 38.9 Å². The molecular weight excluding hydrogens is 228 g/mol. The van der Waals surface area contributed by atoms with Crippen LogP contribution in [0.25, 0.3) is 0 Å². The van der Waals surface area contributed by atoms with E-state index in [1.165, 1.54) is 10.5 Å². The van der Waals surface area contributed by atoms with Crippen LogP contribution in [0.4, 0.5) is 0 Å². The van der Waals surface area contributed by atoms with E-state index in [1.54, 1.807) is 18.0 Å². The van der Waals surface area contributed by atoms with Crippen molar-refractivity contribution in [3.05, 3.63) is 59.9 Å². The van der Waals surface area contributed by atoms with Gasteiger partial charge in [-0.3, -0.25) is 4.98 Å². The van der Waals surface area contributed by atoms with Gasteiger partial charge in [0.1, 0.15) is 0 Å². The predicted octanol–water partition coefficient (Wildman–Crippen LogP) is 3.18. The average molecular weight is 244 g/mol. The molecule has 1 heterocycles. The van der Waals surface area contributed by atoms with E-state index in [2.05, 4.69) is 36.2 Å². The molecule has 0 aliphatic rings. The molecule has 0 fully saturated rings. The maximum atomic E-state index is 6.12. The van der Waals surface area contributed by atoms with E-state index >= 15 is 0 Å². The third-order valence-corrected chi connectivity index (χ3v) is 3.64. The van der Waals surface area contributed by atoms with Gasteiger partial charge in [-0.25, -0.2) is 0 Å². The third-order valence-electron chi connectivity index (χ3n) is 2.53. The van der Waals surface area contributed by atoms with Crippen LogP contribution in [0.2, 0.25) is 0 Å². The number of nitrogens with zero attached hydrogens (tertiary/aromatic N) is 1. The van der Waals surface area contributed by atoms with Gasteiger partial charge in [0.2, 0.25) is 0 Å². The van der Waals surface area contributed by atoms with Crippen LogP contribution in [0.15, 0.2) is 53.7 Å². The first-order valence-corrected chi connectivity index (χ1v) is 6.59. The summed E-state index contributed by atoms with van der Waals surface area (Å²) in [7, 11) is 0. The molecule has 0 aliphatic heterocycles. The van der Waals surface area contributed by atoms with Gasteiger partial charge in [0.25, 0.3) is 0 Å². The quantitative estimate of drug-likeness (QED) is 0.840. The van der Waals surface area contributed by atoms with Gasteiger partial charge < -0.3 is 5.73 Å². The Bertz CT molecular complexity index is 471. The van der Waals surface area contributed by atoms with Crippen LogP contribution < -0.4 is 5.73 Å². The van der Waals surface area contributed by atoms with Crippen molar-refractivity contribution < 1.29 is 0 Å². The van der Waals surface area contributed by atoms with Crippen LogP contribution in [-0.4, -0.2) is 10.7 Å². The predicted molar refractivity (Wildman–Crippen MR) is 73.1 cm³/mol. The van der Waals surface area contributed by atoms with Crippen molar-refractivity contribution in [2.75, 3.05) is 5.75 Å². The molecule has 2 nitrogen and oxygen atoms in total. The van der Waals surface area contributed by atoms with Gasteiger partial charge in [0, 0.05) is 29.1 Å². The summed E-state index contributed by atoms with van der Waals surface area (Å²) in [4.78, 5) is 5.35. The molecule has 17 heavy (non-hydrogen) atoms. The minimum Gasteiger partial charge on any atom is -0.323 e. The Labute approximate surface area is 106 Å². The minimum atomic E-state index is 0.0363. The Morgan fingerprint density at radius 1 is 1.29 bits per heavy atom. The standard InChI is InChI=1S/C14H16N2S/c1-11-4-2-6-13(8-11)17-10-14(15)12-5-3-7-16-9-12/h2-9,14H,10,15H2,1H3. The Morgan fingerprint density at radius 3 is 2.88 bits per heavy atom. The van der Waals surface area contributed by atoms with E-state index in [-0.39, 0.29) is 6.04 Å². The Kier molecular flexibility index (Phi) is 4.18. The van der Waals surface area contributed by atoms with Crippen molar-refractivity contribution in [2.24, 2.45) is 5.73 Å². The largest absolute Gasteiger partial charge is 0.323 e. The highest BCUT2D eigenvalue weighted by molar-refractivity contribution is 7.99. The Morgan fingerprint density at radius 2 is 2.18 bits per heavy atom. The van der Waals surface area contributed by atoms with Crippen LogP contribution >= 0.6 is 11.8 Å². The van der Waals surface area contributed by atoms with E-state index in [0.29, 0.717) is 0 Å². The zero-order valence-corrected chi connectivity index (χ0v) is 10.7. The molecule has 1 aromatic heterocycles. The van der Waals surface area contributed by atoms with Crippen LogP contribution in [0.1, 0.15) is 17.2 Å². The summed E-state index contributed by atoms with van der Waals surface area (Å²) in [5, 5.41) is 0. The average Bonchev–Trinajstić information content (AvgIpc) is 2.37. The first-order chi connectivity index (χ1) is 8.25. The molecule has 0 spiro atoms. The van der Waals surface area contributed by atoms with Crippen molar-refractivity contribution in [1.82, 2.24) is 4.98 Å². The van der Waals surface area contributed by atoms with Crippen LogP contribution in [-0.2, 0) is 0 Å². The molecule has 2 rings (SSSR count). The van der Waals surface area contributed by atoms with Crippen molar-refractivity contribution in [1.29, 1.82) is 0 Å². The number of hydrogen-bond donors (Lipinski definition) is 1. The van der Waals surface area contributed by atoms with Crippen LogP contribution in [0.5, 0.6) is 0 Å². The fourth-order valence-corrected chi connectivity index (χ4v) is 2.59. The second-order valence-corrected chi connectivity index (χ2v) is 5.11. The summed E-state index contributed by atoms with van der Waals surface area (Å²) in [6, 6.07) is 12.5. The molecule has 1 atom stereocenters. The normalized spacial score (nSPS) is 12.4. The van der Waals surface area contributed by atoms with Gasteiger partial charge in [-0.2, -0.15) is 0 Å². The highest BCUT2D eigenvalue weighted by atomic mass is 32.2. The molecule has 88 valence electrons. The van der Waals surface area contributed by atoms with Crippen LogP contribution in [0.3, 0.4) is 0 Å². The second-order valence-electron chi connectivity index (χ2n) is 4.02. The van der Waals surface area contributed by atoms with Gasteiger partial charge in [-0.15, -0.1) is 11.8 Å². The molecule has 0 aliphatic carbocycles. The van der Waals surface area contributed by atoms with Crippen molar-refractivity contribution in [2.45, 2.75) is 17.9 Å². The fourth-order valence-electron chi connectivity index (χ4n) is 1.58. The van der Waals surface area contributed by atoms with E-state index in [9.17, 15) is 0 Å². The lowest BCUT2D eigenvalue weighted by Crippen LogP contribution is -2.12. The zero-order valence-electron chi connectivity index (χ0n) is 9.84. The summed E-state index contributed by atoms with van der Waals surface area (Å²) >= 11 is 1.78. The van der Waals surface area contributed by atoms with E-state index in [0.717, 1.165) is 11.3 Å². The van der Waals surface area contributed by atoms with Crippen molar-refractivity contribution >= 4 is 11.8 Å². The molecule has 1 unspecified atom stereocenters. The van der Waals surface area contributed by atoms with Gasteiger partial charge in [-0.05, 0) is 30.7 Å². The number of thioether (sulfide) groups is 1. The van der Waals surface area contributed by atoms with Crippen molar-refractivity contribution in [3.8, 4) is 0 Å². The molecule has 3 heteroatoms. The summed E-state index contributed by atoms with van der Waals surface area (Å²) in [6.07, 6.45) is 3.60. The van der Waals surface area contributed by atoms with E-state index in [1.807, 2.05) is 18.3 Å². The number of pyridine rings is 1. The van der Waals surface area contributed by atoms with Gasteiger partial charge >= 0.3 is 0 Å². The monoisotopic (exact) mass is 244 g/mol. The molecule has 0 radical (unpaired) electrons. The lowest BCUT2D eigenvalue weighted by atomic mass is 10.2. The number of aromatic nitrogens is 1. The van der Waals surface area contributed by atoms with Gasteiger partial charge in [0.05, 0.1) is 0 Å². The minimum absolute atomic E-state index is 0.0363. The van der Waals surface area contributed by atoms with Crippen LogP contribution in [0, 0.1) is 6.92 Å². The summed E-state index contributed by atoms with van der Waals surface area (Å²) in [5.74, 6) is 0.870. The number of hydrogen-bond acceptors (Lipinski definition) is 3. The molecule has 0 amide bonds. The number of aryl methyl sites for hydroxylation is 1. The fraction of sp³-hybridized carbons (Fsp3) is 0.214. The molecule has 2 aromatic rings. The molecule has 0 saturated heterocycles. The molecule has 0 bridgehead atoms. The second kappa shape index (κ2) is 5.84. The highest BCUT2D eigenvalue weighted by Crippen LogP contribution is 2.23. The molecular formula is C14H16N2S. The van der Waals surface area contributed by atoms with Gasteiger partial charge in [-0.1, -0.05) is 23.8 Å². The Hall–Kier alpha value is -1.32. The molecule has 2 N–H and O–H groups in total. The highest BCUT2D eigenvalue weighted by Gasteiger charge is 2.06. The van der Waals surface area contributed by atoms with E-state index < -0.39 is 0 Å². The zero-order chi connectivity index (χ0) is 12.1. The maximum absolute atomic E-state index is 6.12. The summed E-state index contributed by atoms with van der Waals surface area (Å²) in [6.45, 7) is 2.10. The lowest BCUT2D eigenvalue weighted by Gasteiger charge is -2.11. The molecule has 1 aromatic carbocycles. The molecule has 0 saturated carbocycles. The third kappa shape index (κ3) is 3.58.